The molecule has 8 nitrogen and oxygen atoms in total. The van der Waals surface area contributed by atoms with E-state index in [1.165, 1.54) is 5.56 Å². The zero-order chi connectivity index (χ0) is 29.7. The summed E-state index contributed by atoms with van der Waals surface area (Å²) in [7, 11) is 3.49. The van der Waals surface area contributed by atoms with E-state index in [0.717, 1.165) is 48.1 Å². The third-order valence-electron chi connectivity index (χ3n) is 8.15. The quantitative estimate of drug-likeness (QED) is 0.368. The van der Waals surface area contributed by atoms with Gasteiger partial charge in [-0.2, -0.15) is 0 Å². The van der Waals surface area contributed by atoms with Crippen LogP contribution in [0.4, 0.5) is 4.79 Å². The Bertz CT molecular complexity index is 1280. The van der Waals surface area contributed by atoms with E-state index in [4.69, 9.17) is 21.1 Å². The number of allylic oxidation sites excluding steroid dienone is 2. The smallest absolute Gasteiger partial charge is 0.410 e. The van der Waals surface area contributed by atoms with E-state index in [2.05, 4.69) is 29.0 Å². The molecule has 2 heterocycles. The van der Waals surface area contributed by atoms with Gasteiger partial charge in [-0.3, -0.25) is 4.79 Å². The van der Waals surface area contributed by atoms with Crippen LogP contribution < -0.4 is 5.32 Å². The first-order valence-electron chi connectivity index (χ1n) is 14.6. The Morgan fingerprint density at radius 1 is 1.24 bits per heavy atom. The van der Waals surface area contributed by atoms with Crippen molar-refractivity contribution in [2.45, 2.75) is 77.0 Å². The van der Waals surface area contributed by atoms with Gasteiger partial charge in [0, 0.05) is 32.3 Å². The van der Waals surface area contributed by atoms with Crippen molar-refractivity contribution < 1.29 is 19.1 Å². The topological polar surface area (TPSA) is 85.7 Å². The minimum absolute atomic E-state index is 0.138. The number of likely N-dealkylation sites (tertiary alicyclic amines) is 1. The lowest BCUT2D eigenvalue weighted by molar-refractivity contribution is -0.131. The number of benzene rings is 1. The van der Waals surface area contributed by atoms with Crippen LogP contribution in [0, 0.1) is 5.92 Å². The molecule has 1 aromatic carbocycles. The molecule has 4 rings (SSSR count). The van der Waals surface area contributed by atoms with Gasteiger partial charge >= 0.3 is 6.09 Å². The maximum absolute atomic E-state index is 13.5. The van der Waals surface area contributed by atoms with Crippen LogP contribution in [0.15, 0.2) is 49.0 Å². The number of halogens is 1. The Balaban J connectivity index is 1.69. The number of carbonyl (C=O) groups is 2. The maximum atomic E-state index is 13.5. The number of nitrogens with zero attached hydrogens (tertiary/aromatic N) is 3. The summed E-state index contributed by atoms with van der Waals surface area (Å²) in [6.45, 7) is 11.5. The Morgan fingerprint density at radius 3 is 2.59 bits per heavy atom. The van der Waals surface area contributed by atoms with Gasteiger partial charge in [-0.05, 0) is 80.2 Å². The zero-order valence-corrected chi connectivity index (χ0v) is 25.6. The average Bonchev–Trinajstić information content (AvgIpc) is 3.31. The van der Waals surface area contributed by atoms with Crippen molar-refractivity contribution in [1.29, 1.82) is 0 Å². The first-order valence-corrected chi connectivity index (χ1v) is 14.9. The number of piperidine rings is 1. The molecule has 0 saturated carbocycles. The molecule has 2 amide bonds. The molecule has 1 aromatic heterocycles. The number of imidazole rings is 1. The van der Waals surface area contributed by atoms with Crippen LogP contribution >= 0.6 is 11.6 Å². The molecule has 1 saturated heterocycles. The highest BCUT2D eigenvalue weighted by Gasteiger charge is 2.36. The predicted octanol–water partition coefficient (Wildman–Crippen LogP) is 6.43. The molecule has 0 spiro atoms. The second kappa shape index (κ2) is 13.7. The molecule has 0 bridgehead atoms. The Hall–Kier alpha value is -3.10. The van der Waals surface area contributed by atoms with Crippen LogP contribution in [0.25, 0.3) is 5.57 Å². The largest absolute Gasteiger partial charge is 0.447 e. The van der Waals surface area contributed by atoms with E-state index < -0.39 is 12.1 Å². The van der Waals surface area contributed by atoms with E-state index >= 15 is 0 Å². The molecule has 9 heteroatoms. The summed E-state index contributed by atoms with van der Waals surface area (Å²) in [4.78, 5) is 32.1. The zero-order valence-electron chi connectivity index (χ0n) is 24.9. The van der Waals surface area contributed by atoms with Crippen molar-refractivity contribution in [3.8, 4) is 0 Å². The number of aryl methyl sites for hydroxylation is 1. The average molecular weight is 583 g/mol. The molecule has 222 valence electrons. The third-order valence-corrected chi connectivity index (χ3v) is 8.38. The fourth-order valence-corrected chi connectivity index (χ4v) is 6.25. The van der Waals surface area contributed by atoms with E-state index in [1.54, 1.807) is 19.6 Å². The lowest BCUT2D eigenvalue weighted by Gasteiger charge is -2.36. The van der Waals surface area contributed by atoms with Crippen molar-refractivity contribution in [3.05, 3.63) is 70.8 Å². The fraction of sp³-hybridized carbons (Fsp3) is 0.531. The van der Waals surface area contributed by atoms with Gasteiger partial charge in [-0.15, -0.1) is 0 Å². The molecule has 2 aromatic rings. The highest BCUT2D eigenvalue weighted by atomic mass is 35.5. The van der Waals surface area contributed by atoms with Crippen molar-refractivity contribution in [3.63, 3.8) is 0 Å². The first kappa shape index (κ1) is 30.8. The SMILES string of the molecule is C=C1C=C(C(NC(=O)C(CCC)OC)c2cncn2C)c2cc(Cl)ccc2C(C2CCN(C(=O)OC(C)C)CC2)C1. The van der Waals surface area contributed by atoms with Gasteiger partial charge in [0.1, 0.15) is 6.10 Å². The van der Waals surface area contributed by atoms with Gasteiger partial charge in [-0.25, -0.2) is 9.78 Å². The van der Waals surface area contributed by atoms with E-state index in [1.807, 2.05) is 49.4 Å². The van der Waals surface area contributed by atoms with E-state index in [9.17, 15) is 9.59 Å². The molecule has 1 fully saturated rings. The molecule has 2 aliphatic rings. The molecule has 1 aliphatic carbocycles. The van der Waals surface area contributed by atoms with Crippen molar-refractivity contribution in [1.82, 2.24) is 19.8 Å². The molecule has 1 N–H and O–H groups in total. The second-order valence-electron chi connectivity index (χ2n) is 11.4. The summed E-state index contributed by atoms with van der Waals surface area (Å²) in [5.41, 5.74) is 4.94. The van der Waals surface area contributed by atoms with E-state index in [0.29, 0.717) is 30.5 Å². The van der Waals surface area contributed by atoms with Gasteiger partial charge < -0.3 is 24.3 Å². The lowest BCUT2D eigenvalue weighted by atomic mass is 9.76. The number of hydrogen-bond acceptors (Lipinski definition) is 5. The highest BCUT2D eigenvalue weighted by Crippen LogP contribution is 2.46. The molecular weight excluding hydrogens is 540 g/mol. The number of methoxy groups -OCH3 is 1. The maximum Gasteiger partial charge on any atom is 0.410 e. The second-order valence-corrected chi connectivity index (χ2v) is 11.9. The molecule has 0 radical (unpaired) electrons. The molecular formula is C32H43ClN4O4. The summed E-state index contributed by atoms with van der Waals surface area (Å²) in [5.74, 6) is 0.383. The number of rotatable bonds is 9. The number of amides is 2. The van der Waals surface area contributed by atoms with Crippen LogP contribution in [0.1, 0.15) is 81.7 Å². The van der Waals surface area contributed by atoms with Gasteiger partial charge in [0.2, 0.25) is 5.91 Å². The number of aromatic nitrogens is 2. The van der Waals surface area contributed by atoms with Crippen LogP contribution in [0.5, 0.6) is 0 Å². The number of hydrogen-bond donors (Lipinski definition) is 1. The van der Waals surface area contributed by atoms with Crippen molar-refractivity contribution in [2.24, 2.45) is 13.0 Å². The molecule has 1 aliphatic heterocycles. The lowest BCUT2D eigenvalue weighted by Crippen LogP contribution is -2.41. The summed E-state index contributed by atoms with van der Waals surface area (Å²) in [5, 5.41) is 3.90. The number of nitrogens with one attached hydrogen (secondary N) is 1. The number of fused-ring (bicyclic) bond motifs is 1. The minimum Gasteiger partial charge on any atom is -0.447 e. The molecule has 41 heavy (non-hydrogen) atoms. The normalized spacial score (nSPS) is 19.3. The summed E-state index contributed by atoms with van der Waals surface area (Å²) < 4.78 is 12.9. The molecule has 3 unspecified atom stereocenters. The standard InChI is InChI=1S/C32H43ClN4O4/c1-7-8-29(40-6)31(38)35-30(28-18-34-19-36(28)5)27-16-21(4)15-25(24-10-9-23(33)17-26(24)27)22-11-13-37(14-12-22)32(39)41-20(2)3/h9-10,16-20,22,25,29-30H,4,7-8,11-15H2,1-3,5-6H3,(H,35,38). The van der Waals surface area contributed by atoms with E-state index in [-0.39, 0.29) is 24.0 Å². The van der Waals surface area contributed by atoms with Gasteiger partial charge in [0.05, 0.1) is 30.4 Å². The summed E-state index contributed by atoms with van der Waals surface area (Å²) in [6, 6.07) is 5.57. The Morgan fingerprint density at radius 2 is 1.98 bits per heavy atom. The van der Waals surface area contributed by atoms with Crippen molar-refractivity contribution in [2.75, 3.05) is 20.2 Å². The number of ether oxygens (including phenoxy) is 2. The minimum atomic E-state index is -0.551. The van der Waals surface area contributed by atoms with Gasteiger partial charge in [0.25, 0.3) is 0 Å². The van der Waals surface area contributed by atoms with Gasteiger partial charge in [0.15, 0.2) is 0 Å². The molecule has 3 atom stereocenters. The Kier molecular flexibility index (Phi) is 10.3. The van der Waals surface area contributed by atoms with Crippen LogP contribution in [0.3, 0.4) is 0 Å². The van der Waals surface area contributed by atoms with Crippen LogP contribution in [-0.2, 0) is 21.3 Å². The summed E-state index contributed by atoms with van der Waals surface area (Å²) in [6.07, 6.45) is 8.67. The highest BCUT2D eigenvalue weighted by molar-refractivity contribution is 6.30. The third kappa shape index (κ3) is 7.22. The van der Waals surface area contributed by atoms with Crippen molar-refractivity contribution >= 4 is 29.2 Å². The predicted molar refractivity (Wildman–Crippen MR) is 162 cm³/mol. The van der Waals surface area contributed by atoms with Gasteiger partial charge in [-0.1, -0.05) is 49.2 Å². The van der Waals surface area contributed by atoms with Crippen LogP contribution in [-0.4, -0.2) is 58.9 Å². The Labute approximate surface area is 248 Å². The fourth-order valence-electron chi connectivity index (χ4n) is 6.08. The first-order chi connectivity index (χ1) is 19.6. The summed E-state index contributed by atoms with van der Waals surface area (Å²) >= 11 is 6.61. The van der Waals surface area contributed by atoms with Crippen LogP contribution in [0.2, 0.25) is 5.02 Å². The monoisotopic (exact) mass is 582 g/mol. The number of carbonyl (C=O) groups excluding carboxylic acids is 2.